The van der Waals surface area contributed by atoms with E-state index in [1.54, 1.807) is 13.2 Å². The molecule has 3 rings (SSSR count). The van der Waals surface area contributed by atoms with Crippen molar-refractivity contribution in [3.05, 3.63) is 64.5 Å². The van der Waals surface area contributed by atoms with Crippen molar-refractivity contribution in [3.63, 3.8) is 0 Å². The van der Waals surface area contributed by atoms with Gasteiger partial charge in [0.15, 0.2) is 0 Å². The second kappa shape index (κ2) is 10.1. The standard InChI is InChI=1S/C27H34O4/c1-6-7-8-9-20-10-12-21(13-11-20)24-16-22-14-15-23(17-25(22)31-26(24)28)30-19(2)18-27(3,4)29-5/h10-17,19H,6-9,18H2,1-5H3. The number of methoxy groups -OCH3 is 1. The van der Waals surface area contributed by atoms with Crippen LogP contribution < -0.4 is 10.4 Å². The maximum absolute atomic E-state index is 12.7. The van der Waals surface area contributed by atoms with Gasteiger partial charge in [0, 0.05) is 25.0 Å². The third kappa shape index (κ3) is 6.20. The number of aryl methyl sites for hydroxylation is 1. The monoisotopic (exact) mass is 422 g/mol. The van der Waals surface area contributed by atoms with Crippen LogP contribution in [0.3, 0.4) is 0 Å². The van der Waals surface area contributed by atoms with Crippen LogP contribution >= 0.6 is 0 Å². The molecule has 2 aromatic carbocycles. The van der Waals surface area contributed by atoms with Gasteiger partial charge >= 0.3 is 5.63 Å². The molecule has 4 heteroatoms. The van der Waals surface area contributed by atoms with E-state index in [0.717, 1.165) is 23.8 Å². The molecule has 3 aromatic rings. The van der Waals surface area contributed by atoms with Crippen LogP contribution in [0.25, 0.3) is 22.1 Å². The highest BCUT2D eigenvalue weighted by Crippen LogP contribution is 2.27. The van der Waals surface area contributed by atoms with Crippen molar-refractivity contribution in [2.45, 2.75) is 71.5 Å². The topological polar surface area (TPSA) is 48.7 Å². The molecule has 0 saturated heterocycles. The number of rotatable bonds is 10. The Bertz CT molecular complexity index is 1050. The average molecular weight is 423 g/mol. The first-order valence-electron chi connectivity index (χ1n) is 11.2. The molecule has 1 aromatic heterocycles. The molecule has 0 spiro atoms. The summed E-state index contributed by atoms with van der Waals surface area (Å²) in [6.45, 7) is 8.28. The van der Waals surface area contributed by atoms with Crippen molar-refractivity contribution in [2.75, 3.05) is 7.11 Å². The highest BCUT2D eigenvalue weighted by molar-refractivity contribution is 5.82. The van der Waals surface area contributed by atoms with Crippen LogP contribution in [0.4, 0.5) is 0 Å². The Morgan fingerprint density at radius 1 is 1.03 bits per heavy atom. The van der Waals surface area contributed by atoms with Crippen LogP contribution in [0.2, 0.25) is 0 Å². The maximum Gasteiger partial charge on any atom is 0.344 e. The van der Waals surface area contributed by atoms with E-state index in [4.69, 9.17) is 13.9 Å². The van der Waals surface area contributed by atoms with Gasteiger partial charge in [0.1, 0.15) is 11.3 Å². The van der Waals surface area contributed by atoms with E-state index < -0.39 is 0 Å². The third-order valence-electron chi connectivity index (χ3n) is 5.71. The highest BCUT2D eigenvalue weighted by Gasteiger charge is 2.21. The lowest BCUT2D eigenvalue weighted by molar-refractivity contribution is -0.0101. The summed E-state index contributed by atoms with van der Waals surface area (Å²) in [4.78, 5) is 12.7. The van der Waals surface area contributed by atoms with Crippen LogP contribution in [0.1, 0.15) is 58.9 Å². The lowest BCUT2D eigenvalue weighted by atomic mass is 10.0. The van der Waals surface area contributed by atoms with Crippen molar-refractivity contribution >= 4 is 11.0 Å². The summed E-state index contributed by atoms with van der Waals surface area (Å²) >= 11 is 0. The number of hydrogen-bond acceptors (Lipinski definition) is 4. The van der Waals surface area contributed by atoms with Gasteiger partial charge in [-0.15, -0.1) is 0 Å². The van der Waals surface area contributed by atoms with Crippen LogP contribution in [-0.2, 0) is 11.2 Å². The smallest absolute Gasteiger partial charge is 0.344 e. The Morgan fingerprint density at radius 2 is 1.77 bits per heavy atom. The molecule has 1 atom stereocenters. The molecule has 1 unspecified atom stereocenters. The van der Waals surface area contributed by atoms with E-state index in [2.05, 4.69) is 19.1 Å². The van der Waals surface area contributed by atoms with Gasteiger partial charge in [-0.1, -0.05) is 44.0 Å². The van der Waals surface area contributed by atoms with E-state index >= 15 is 0 Å². The normalized spacial score (nSPS) is 12.8. The first-order valence-corrected chi connectivity index (χ1v) is 11.2. The Balaban J connectivity index is 1.78. The molecule has 1 heterocycles. The Kier molecular flexibility index (Phi) is 7.55. The molecule has 166 valence electrons. The zero-order valence-corrected chi connectivity index (χ0v) is 19.4. The van der Waals surface area contributed by atoms with Crippen molar-refractivity contribution < 1.29 is 13.9 Å². The summed E-state index contributed by atoms with van der Waals surface area (Å²) in [5.41, 5.74) is 2.69. The zero-order valence-electron chi connectivity index (χ0n) is 19.4. The minimum absolute atomic E-state index is 0.0331. The molecule has 0 aliphatic rings. The summed E-state index contributed by atoms with van der Waals surface area (Å²) in [5.74, 6) is 0.680. The van der Waals surface area contributed by atoms with E-state index in [9.17, 15) is 4.79 Å². The number of benzene rings is 2. The number of hydrogen-bond donors (Lipinski definition) is 0. The third-order valence-corrected chi connectivity index (χ3v) is 5.71. The van der Waals surface area contributed by atoms with E-state index in [0.29, 0.717) is 16.9 Å². The van der Waals surface area contributed by atoms with Crippen LogP contribution in [0.15, 0.2) is 57.7 Å². The molecular weight excluding hydrogens is 388 g/mol. The summed E-state index contributed by atoms with van der Waals surface area (Å²) in [5, 5.41) is 0.874. The first kappa shape index (κ1) is 23.1. The molecule has 0 fully saturated rings. The minimum atomic E-state index is -0.336. The zero-order chi connectivity index (χ0) is 22.4. The largest absolute Gasteiger partial charge is 0.490 e. The fraction of sp³-hybridized carbons (Fsp3) is 0.444. The maximum atomic E-state index is 12.7. The molecule has 0 aliphatic heterocycles. The summed E-state index contributed by atoms with van der Waals surface area (Å²) in [6, 6.07) is 15.8. The predicted molar refractivity (Wildman–Crippen MR) is 127 cm³/mol. The molecular formula is C27H34O4. The van der Waals surface area contributed by atoms with Gasteiger partial charge in [-0.25, -0.2) is 4.79 Å². The number of unbranched alkanes of at least 4 members (excludes halogenated alkanes) is 2. The van der Waals surface area contributed by atoms with Gasteiger partial charge < -0.3 is 13.9 Å². The number of ether oxygens (including phenoxy) is 2. The lowest BCUT2D eigenvalue weighted by Crippen LogP contribution is -2.30. The predicted octanol–water partition coefficient (Wildman–Crippen LogP) is 6.78. The fourth-order valence-corrected chi connectivity index (χ4v) is 3.85. The van der Waals surface area contributed by atoms with Crippen molar-refractivity contribution in [3.8, 4) is 16.9 Å². The summed E-state index contributed by atoms with van der Waals surface area (Å²) < 4.78 is 17.1. The molecule has 4 nitrogen and oxygen atoms in total. The Morgan fingerprint density at radius 3 is 2.45 bits per heavy atom. The van der Waals surface area contributed by atoms with Crippen LogP contribution in [0, 0.1) is 0 Å². The number of fused-ring (bicyclic) bond motifs is 1. The fourth-order valence-electron chi connectivity index (χ4n) is 3.85. The molecule has 0 bridgehead atoms. The van der Waals surface area contributed by atoms with Crippen molar-refractivity contribution in [1.29, 1.82) is 0 Å². The molecule has 31 heavy (non-hydrogen) atoms. The van der Waals surface area contributed by atoms with Crippen LogP contribution in [-0.4, -0.2) is 18.8 Å². The van der Waals surface area contributed by atoms with E-state index in [-0.39, 0.29) is 17.3 Å². The van der Waals surface area contributed by atoms with Gasteiger partial charge in [0.2, 0.25) is 0 Å². The van der Waals surface area contributed by atoms with Crippen molar-refractivity contribution in [1.82, 2.24) is 0 Å². The minimum Gasteiger partial charge on any atom is -0.490 e. The SMILES string of the molecule is CCCCCc1ccc(-c2cc3ccc(OC(C)CC(C)(C)OC)cc3oc2=O)cc1. The first-order chi connectivity index (χ1) is 14.8. The van der Waals surface area contributed by atoms with Gasteiger partial charge in [-0.2, -0.15) is 0 Å². The van der Waals surface area contributed by atoms with Crippen molar-refractivity contribution in [2.24, 2.45) is 0 Å². The molecule has 0 N–H and O–H groups in total. The molecule has 0 amide bonds. The highest BCUT2D eigenvalue weighted by atomic mass is 16.5. The molecule has 0 saturated carbocycles. The Labute approximate surface area is 185 Å². The van der Waals surface area contributed by atoms with Gasteiger partial charge in [-0.3, -0.25) is 0 Å². The van der Waals surface area contributed by atoms with E-state index in [1.165, 1.54) is 24.8 Å². The van der Waals surface area contributed by atoms with Gasteiger partial charge in [0.05, 0.1) is 17.3 Å². The summed E-state index contributed by atoms with van der Waals surface area (Å²) in [6.07, 6.45) is 5.44. The second-order valence-electron chi connectivity index (χ2n) is 8.90. The van der Waals surface area contributed by atoms with Gasteiger partial charge in [0.25, 0.3) is 0 Å². The Hall–Kier alpha value is -2.59. The summed E-state index contributed by atoms with van der Waals surface area (Å²) in [7, 11) is 1.70. The van der Waals surface area contributed by atoms with Gasteiger partial charge in [-0.05, 0) is 62.9 Å². The van der Waals surface area contributed by atoms with Crippen LogP contribution in [0.5, 0.6) is 5.75 Å². The second-order valence-corrected chi connectivity index (χ2v) is 8.90. The molecule has 0 radical (unpaired) electrons. The average Bonchev–Trinajstić information content (AvgIpc) is 2.73. The lowest BCUT2D eigenvalue weighted by Gasteiger charge is -2.27. The molecule has 0 aliphatic carbocycles. The van der Waals surface area contributed by atoms with E-state index in [1.807, 2.05) is 51.1 Å². The quantitative estimate of drug-likeness (QED) is 0.267.